The van der Waals surface area contributed by atoms with Gasteiger partial charge in [0.15, 0.2) is 5.65 Å². The van der Waals surface area contributed by atoms with E-state index in [9.17, 15) is 13.2 Å². The van der Waals surface area contributed by atoms with E-state index in [0.29, 0.717) is 5.52 Å². The number of halogens is 3. The van der Waals surface area contributed by atoms with Crippen LogP contribution in [0.1, 0.15) is 19.4 Å². The molecule has 3 aromatic rings. The van der Waals surface area contributed by atoms with E-state index < -0.39 is 11.7 Å². The van der Waals surface area contributed by atoms with Crippen LogP contribution in [0.5, 0.6) is 0 Å². The predicted molar refractivity (Wildman–Crippen MR) is 76.9 cm³/mol. The van der Waals surface area contributed by atoms with Gasteiger partial charge in [0.2, 0.25) is 0 Å². The van der Waals surface area contributed by atoms with E-state index in [1.165, 1.54) is 4.52 Å². The van der Waals surface area contributed by atoms with Crippen LogP contribution in [-0.4, -0.2) is 33.1 Å². The average molecular weight is 309 g/mol. The van der Waals surface area contributed by atoms with Gasteiger partial charge in [0.1, 0.15) is 0 Å². The van der Waals surface area contributed by atoms with Crippen LogP contribution in [-0.2, 0) is 6.18 Å². The molecule has 0 aliphatic carbocycles. The second-order valence-corrected chi connectivity index (χ2v) is 4.88. The second-order valence-electron chi connectivity index (χ2n) is 4.88. The molecule has 116 valence electrons. The monoisotopic (exact) mass is 309 g/mol. The topological polar surface area (TPSA) is 46.3 Å². The van der Waals surface area contributed by atoms with Crippen molar-refractivity contribution in [1.82, 2.24) is 20.0 Å². The molecule has 0 aliphatic rings. The Morgan fingerprint density at radius 3 is 2.50 bits per heavy atom. The summed E-state index contributed by atoms with van der Waals surface area (Å²) in [6, 6.07) is 5.94. The number of hydrogen-bond donors (Lipinski definition) is 0. The third-order valence-electron chi connectivity index (χ3n) is 3.70. The van der Waals surface area contributed by atoms with Crippen LogP contribution >= 0.6 is 0 Å². The van der Waals surface area contributed by atoms with Crippen molar-refractivity contribution >= 4 is 22.2 Å². The number of tetrazole rings is 1. The van der Waals surface area contributed by atoms with Crippen molar-refractivity contribution in [2.24, 2.45) is 0 Å². The fourth-order valence-electron chi connectivity index (χ4n) is 2.61. The Balaban J connectivity index is 2.35. The Morgan fingerprint density at radius 2 is 1.86 bits per heavy atom. The zero-order valence-corrected chi connectivity index (χ0v) is 12.1. The lowest BCUT2D eigenvalue weighted by molar-refractivity contribution is -0.136. The van der Waals surface area contributed by atoms with Crippen molar-refractivity contribution in [3.8, 4) is 0 Å². The largest absolute Gasteiger partial charge is 0.417 e. The van der Waals surface area contributed by atoms with Gasteiger partial charge in [-0.05, 0) is 48.5 Å². The van der Waals surface area contributed by atoms with Crippen LogP contribution in [0.25, 0.3) is 16.6 Å². The summed E-state index contributed by atoms with van der Waals surface area (Å²) < 4.78 is 41.4. The third kappa shape index (κ3) is 2.24. The highest BCUT2D eigenvalue weighted by atomic mass is 19.4. The van der Waals surface area contributed by atoms with Gasteiger partial charge in [0.05, 0.1) is 11.1 Å². The molecule has 2 heterocycles. The number of pyridine rings is 1. The van der Waals surface area contributed by atoms with Crippen molar-refractivity contribution < 1.29 is 13.2 Å². The van der Waals surface area contributed by atoms with Crippen LogP contribution in [0.2, 0.25) is 0 Å². The van der Waals surface area contributed by atoms with Crippen molar-refractivity contribution in [1.29, 1.82) is 0 Å². The molecule has 2 aromatic heterocycles. The molecule has 0 N–H and O–H groups in total. The maximum atomic E-state index is 13.4. The molecule has 0 fully saturated rings. The summed E-state index contributed by atoms with van der Waals surface area (Å²) in [5.41, 5.74) is 0.440. The molecular weight excluding hydrogens is 295 g/mol. The molecular formula is C14H14F3N5. The quantitative estimate of drug-likeness (QED) is 0.745. The fourth-order valence-corrected chi connectivity index (χ4v) is 2.61. The SMILES string of the molecule is CCN(CC)c1ccc2c(c1)c(C(F)(F)F)cc1nnnn12. The first kappa shape index (κ1) is 14.6. The van der Waals surface area contributed by atoms with Gasteiger partial charge < -0.3 is 4.90 Å². The summed E-state index contributed by atoms with van der Waals surface area (Å²) in [6.07, 6.45) is -4.46. The minimum absolute atomic E-state index is 0.0791. The van der Waals surface area contributed by atoms with Gasteiger partial charge in [0.25, 0.3) is 0 Å². The summed E-state index contributed by atoms with van der Waals surface area (Å²) in [5.74, 6) is 0. The Hall–Kier alpha value is -2.38. The van der Waals surface area contributed by atoms with E-state index in [4.69, 9.17) is 0 Å². The van der Waals surface area contributed by atoms with Crippen LogP contribution in [0.4, 0.5) is 18.9 Å². The van der Waals surface area contributed by atoms with E-state index in [2.05, 4.69) is 15.5 Å². The zero-order valence-electron chi connectivity index (χ0n) is 12.1. The molecule has 8 heteroatoms. The van der Waals surface area contributed by atoms with Gasteiger partial charge in [-0.25, -0.2) is 0 Å². The summed E-state index contributed by atoms with van der Waals surface area (Å²) in [4.78, 5) is 1.99. The van der Waals surface area contributed by atoms with Crippen molar-refractivity contribution in [3.05, 3.63) is 29.8 Å². The number of benzene rings is 1. The van der Waals surface area contributed by atoms with Gasteiger partial charge in [-0.15, -0.1) is 5.10 Å². The van der Waals surface area contributed by atoms with Crippen LogP contribution < -0.4 is 4.90 Å². The molecule has 0 amide bonds. The summed E-state index contributed by atoms with van der Waals surface area (Å²) >= 11 is 0. The molecule has 22 heavy (non-hydrogen) atoms. The summed E-state index contributed by atoms with van der Waals surface area (Å²) in [6.45, 7) is 5.36. The predicted octanol–water partition coefficient (Wildman–Crippen LogP) is 3.14. The Bertz CT molecular complexity index is 820. The number of anilines is 1. The molecule has 0 spiro atoms. The fraction of sp³-hybridized carbons (Fsp3) is 0.357. The second kappa shape index (κ2) is 5.11. The molecule has 0 saturated heterocycles. The van der Waals surface area contributed by atoms with E-state index >= 15 is 0 Å². The highest BCUT2D eigenvalue weighted by Gasteiger charge is 2.34. The molecule has 1 aromatic carbocycles. The highest BCUT2D eigenvalue weighted by molar-refractivity contribution is 5.88. The normalized spacial score (nSPS) is 12.2. The number of nitrogens with zero attached hydrogens (tertiary/aromatic N) is 5. The van der Waals surface area contributed by atoms with E-state index in [-0.39, 0.29) is 11.0 Å². The van der Waals surface area contributed by atoms with E-state index in [0.717, 1.165) is 24.8 Å². The smallest absolute Gasteiger partial charge is 0.372 e. The van der Waals surface area contributed by atoms with Gasteiger partial charge in [-0.2, -0.15) is 17.7 Å². The Morgan fingerprint density at radius 1 is 1.14 bits per heavy atom. The van der Waals surface area contributed by atoms with Gasteiger partial charge in [-0.1, -0.05) is 0 Å². The van der Waals surface area contributed by atoms with E-state index in [1.54, 1.807) is 18.2 Å². The number of hydrogen-bond acceptors (Lipinski definition) is 4. The zero-order chi connectivity index (χ0) is 15.9. The average Bonchev–Trinajstić information content (AvgIpc) is 2.95. The van der Waals surface area contributed by atoms with Crippen molar-refractivity contribution in [2.75, 3.05) is 18.0 Å². The molecule has 0 aliphatic heterocycles. The lowest BCUT2D eigenvalue weighted by atomic mass is 10.1. The molecule has 0 radical (unpaired) electrons. The maximum Gasteiger partial charge on any atom is 0.417 e. The molecule has 0 unspecified atom stereocenters. The van der Waals surface area contributed by atoms with Crippen LogP contribution in [0, 0.1) is 0 Å². The summed E-state index contributed by atoms with van der Waals surface area (Å²) in [7, 11) is 0. The molecule has 0 bridgehead atoms. The molecule has 0 saturated carbocycles. The van der Waals surface area contributed by atoms with Gasteiger partial charge >= 0.3 is 6.18 Å². The first-order chi connectivity index (χ1) is 10.5. The Kier molecular flexibility index (Phi) is 3.38. The number of aromatic nitrogens is 4. The first-order valence-corrected chi connectivity index (χ1v) is 6.92. The number of fused-ring (bicyclic) bond motifs is 3. The lowest BCUT2D eigenvalue weighted by Crippen LogP contribution is -2.21. The molecule has 0 atom stereocenters. The Labute approximate surface area is 124 Å². The number of rotatable bonds is 3. The van der Waals surface area contributed by atoms with Crippen molar-refractivity contribution in [3.63, 3.8) is 0 Å². The van der Waals surface area contributed by atoms with Gasteiger partial charge in [-0.3, -0.25) is 0 Å². The van der Waals surface area contributed by atoms with Crippen LogP contribution in [0.3, 0.4) is 0 Å². The van der Waals surface area contributed by atoms with Crippen molar-refractivity contribution in [2.45, 2.75) is 20.0 Å². The third-order valence-corrected chi connectivity index (χ3v) is 3.70. The summed E-state index contributed by atoms with van der Waals surface area (Å²) in [5, 5.41) is 10.9. The lowest BCUT2D eigenvalue weighted by Gasteiger charge is -2.22. The minimum atomic E-state index is -4.46. The maximum absolute atomic E-state index is 13.4. The van der Waals surface area contributed by atoms with Crippen LogP contribution in [0.15, 0.2) is 24.3 Å². The number of alkyl halides is 3. The standard InChI is InChI=1S/C14H14F3N5/c1-3-21(4-2)9-5-6-12-10(7-9)11(14(15,16)17)8-13-18-19-20-22(12)13/h5-8H,3-4H2,1-2H3. The highest BCUT2D eigenvalue weighted by Crippen LogP contribution is 2.36. The van der Waals surface area contributed by atoms with E-state index in [1.807, 2.05) is 18.7 Å². The van der Waals surface area contributed by atoms with Gasteiger partial charge in [0, 0.05) is 24.2 Å². The molecule has 3 rings (SSSR count). The molecule has 5 nitrogen and oxygen atoms in total. The first-order valence-electron chi connectivity index (χ1n) is 6.92. The minimum Gasteiger partial charge on any atom is -0.372 e.